The lowest BCUT2D eigenvalue weighted by atomic mass is 9.86. The largest absolute Gasteiger partial charge is 0.485 e. The van der Waals surface area contributed by atoms with Gasteiger partial charge in [0.25, 0.3) is 5.91 Å². The summed E-state index contributed by atoms with van der Waals surface area (Å²) < 4.78 is 17.6. The number of amides is 1. The molecule has 0 saturated carbocycles. The van der Waals surface area contributed by atoms with Gasteiger partial charge in [0.2, 0.25) is 6.10 Å². The second-order valence-corrected chi connectivity index (χ2v) is 12.1. The molecule has 218 valence electrons. The number of rotatable bonds is 10. The molecule has 0 spiro atoms. The first-order valence-electron chi connectivity index (χ1n) is 14.5. The second-order valence-electron chi connectivity index (χ2n) is 12.1. The molecule has 1 aliphatic carbocycles. The van der Waals surface area contributed by atoms with E-state index in [0.29, 0.717) is 29.4 Å². The molecule has 1 aromatic rings. The van der Waals surface area contributed by atoms with E-state index in [1.54, 1.807) is 12.1 Å². The van der Waals surface area contributed by atoms with Crippen molar-refractivity contribution in [3.05, 3.63) is 59.5 Å². The predicted octanol–water partition coefficient (Wildman–Crippen LogP) is 6.94. The molecule has 1 aliphatic heterocycles. The van der Waals surface area contributed by atoms with Crippen molar-refractivity contribution in [1.29, 1.82) is 0 Å². The minimum absolute atomic E-state index is 0.0574. The van der Waals surface area contributed by atoms with Crippen LogP contribution in [-0.4, -0.2) is 35.9 Å². The second kappa shape index (κ2) is 13.8. The lowest BCUT2D eigenvalue weighted by Gasteiger charge is -2.28. The normalized spacial score (nSPS) is 20.4. The molecule has 40 heavy (non-hydrogen) atoms. The molecule has 7 nitrogen and oxygen atoms in total. The van der Waals surface area contributed by atoms with Gasteiger partial charge in [0, 0.05) is 5.71 Å². The van der Waals surface area contributed by atoms with E-state index in [-0.39, 0.29) is 24.3 Å². The number of carbonyl (C=O) groups is 2. The van der Waals surface area contributed by atoms with E-state index < -0.39 is 23.6 Å². The van der Waals surface area contributed by atoms with Crippen LogP contribution in [0.3, 0.4) is 0 Å². The van der Waals surface area contributed by atoms with Crippen molar-refractivity contribution in [3.8, 4) is 11.5 Å². The van der Waals surface area contributed by atoms with Crippen molar-refractivity contribution in [1.82, 2.24) is 5.32 Å². The van der Waals surface area contributed by atoms with Gasteiger partial charge in [0.15, 0.2) is 11.5 Å². The summed E-state index contributed by atoms with van der Waals surface area (Å²) in [6.07, 6.45) is 8.90. The molecule has 1 N–H and O–H groups in total. The first-order chi connectivity index (χ1) is 18.9. The maximum atomic E-state index is 13.8. The Hall–Kier alpha value is -3.35. The fourth-order valence-electron chi connectivity index (χ4n) is 4.63. The van der Waals surface area contributed by atoms with E-state index in [4.69, 9.17) is 19.2 Å². The van der Waals surface area contributed by atoms with Gasteiger partial charge < -0.3 is 19.5 Å². The Bertz CT molecular complexity index is 1190. The van der Waals surface area contributed by atoms with Crippen molar-refractivity contribution in [3.63, 3.8) is 0 Å². The Morgan fingerprint density at radius 1 is 1.18 bits per heavy atom. The quantitative estimate of drug-likeness (QED) is 0.194. The SMILES string of the molecule is CCC(CCC1=CC=CC(C)C1)/C(C(=O)OC(C)(C)C)=C(\N=C(/C)C(C)C)NC(=O)C1COc2ccccc2O1. The van der Waals surface area contributed by atoms with Crippen LogP contribution < -0.4 is 14.8 Å². The number of nitrogens with zero attached hydrogens (tertiary/aromatic N) is 1. The van der Waals surface area contributed by atoms with Crippen LogP contribution in [0.1, 0.15) is 81.1 Å². The summed E-state index contributed by atoms with van der Waals surface area (Å²) >= 11 is 0. The van der Waals surface area contributed by atoms with Crippen LogP contribution in [0.2, 0.25) is 0 Å². The molecule has 1 aromatic carbocycles. The molecule has 0 radical (unpaired) electrons. The summed E-state index contributed by atoms with van der Waals surface area (Å²) in [5, 5.41) is 2.95. The average Bonchev–Trinajstić information content (AvgIpc) is 2.89. The van der Waals surface area contributed by atoms with Crippen molar-refractivity contribution in [2.45, 2.75) is 92.8 Å². The van der Waals surface area contributed by atoms with Crippen LogP contribution in [0.4, 0.5) is 0 Å². The third kappa shape index (κ3) is 8.83. The number of benzene rings is 1. The number of hydrogen-bond donors (Lipinski definition) is 1. The molecule has 0 saturated heterocycles. The van der Waals surface area contributed by atoms with Gasteiger partial charge in [-0.2, -0.15) is 0 Å². The van der Waals surface area contributed by atoms with Gasteiger partial charge in [0.05, 0.1) is 5.57 Å². The van der Waals surface area contributed by atoms with Gasteiger partial charge in [0.1, 0.15) is 18.0 Å². The molecule has 3 unspecified atom stereocenters. The molecule has 3 rings (SSSR count). The molecule has 1 amide bonds. The third-order valence-electron chi connectivity index (χ3n) is 7.11. The lowest BCUT2D eigenvalue weighted by Crippen LogP contribution is -2.44. The summed E-state index contributed by atoms with van der Waals surface area (Å²) in [5.74, 6) is 0.889. The zero-order chi connectivity index (χ0) is 29.4. The number of fused-ring (bicyclic) bond motifs is 1. The Morgan fingerprint density at radius 3 is 2.50 bits per heavy atom. The lowest BCUT2D eigenvalue weighted by molar-refractivity contribution is -0.150. The Morgan fingerprint density at radius 2 is 1.88 bits per heavy atom. The number of para-hydroxylation sites is 2. The monoisotopic (exact) mass is 550 g/mol. The van der Waals surface area contributed by atoms with E-state index >= 15 is 0 Å². The number of allylic oxidation sites excluding steroid dienone is 4. The summed E-state index contributed by atoms with van der Waals surface area (Å²) in [4.78, 5) is 32.2. The molecule has 0 bridgehead atoms. The van der Waals surface area contributed by atoms with Gasteiger partial charge in [-0.3, -0.25) is 4.79 Å². The van der Waals surface area contributed by atoms with Crippen LogP contribution in [0.25, 0.3) is 0 Å². The molecular formula is C33H46N2O5. The van der Waals surface area contributed by atoms with Crippen molar-refractivity contribution in [2.75, 3.05) is 6.61 Å². The minimum Gasteiger partial charge on any atom is -0.485 e. The van der Waals surface area contributed by atoms with Gasteiger partial charge in [-0.05, 0) is 83.3 Å². The van der Waals surface area contributed by atoms with Crippen molar-refractivity contribution < 1.29 is 23.8 Å². The van der Waals surface area contributed by atoms with Crippen LogP contribution in [0, 0.1) is 17.8 Å². The summed E-state index contributed by atoms with van der Waals surface area (Å²) in [7, 11) is 0. The minimum atomic E-state index is -0.889. The average molecular weight is 551 g/mol. The zero-order valence-electron chi connectivity index (χ0n) is 25.4. The number of aliphatic imine (C=N–C) groups is 1. The summed E-state index contributed by atoms with van der Waals surface area (Å²) in [5.41, 5.74) is 1.84. The summed E-state index contributed by atoms with van der Waals surface area (Å²) in [6.45, 7) is 15.8. The van der Waals surface area contributed by atoms with Gasteiger partial charge in [-0.15, -0.1) is 0 Å². The molecular weight excluding hydrogens is 504 g/mol. The van der Waals surface area contributed by atoms with E-state index in [1.807, 2.05) is 53.7 Å². The molecule has 0 fully saturated rings. The molecule has 7 heteroatoms. The first-order valence-corrected chi connectivity index (χ1v) is 14.5. The predicted molar refractivity (Wildman–Crippen MR) is 159 cm³/mol. The standard InChI is InChI=1S/C33H46N2O5/c1-9-25(18-17-24-14-12-13-22(4)19-24)29(32(37)40-33(6,7)8)30(34-23(5)21(2)3)35-31(36)28-20-38-26-15-10-11-16-27(26)39-28/h10-16,21-22,25,28H,9,17-20H2,1-8H3,(H,35,36)/b30-29-,34-23+. The number of esters is 1. The molecule has 2 aliphatic rings. The van der Waals surface area contributed by atoms with Crippen LogP contribution >= 0.6 is 0 Å². The Kier molecular flexibility index (Phi) is 10.8. The highest BCUT2D eigenvalue weighted by molar-refractivity contribution is 5.94. The third-order valence-corrected chi connectivity index (χ3v) is 7.11. The van der Waals surface area contributed by atoms with E-state index in [0.717, 1.165) is 25.0 Å². The number of ether oxygens (including phenoxy) is 3. The fraction of sp³-hybridized carbons (Fsp3) is 0.545. The number of hydrogen-bond acceptors (Lipinski definition) is 6. The van der Waals surface area contributed by atoms with Crippen molar-refractivity contribution in [2.24, 2.45) is 22.7 Å². The maximum absolute atomic E-state index is 13.8. The highest BCUT2D eigenvalue weighted by Gasteiger charge is 2.33. The van der Waals surface area contributed by atoms with Gasteiger partial charge in [-0.1, -0.05) is 63.6 Å². The van der Waals surface area contributed by atoms with Crippen molar-refractivity contribution >= 4 is 17.6 Å². The molecule has 3 atom stereocenters. The highest BCUT2D eigenvalue weighted by Crippen LogP contribution is 2.33. The Balaban J connectivity index is 2.00. The van der Waals surface area contributed by atoms with E-state index in [9.17, 15) is 9.59 Å². The zero-order valence-corrected chi connectivity index (χ0v) is 25.4. The van der Waals surface area contributed by atoms with Crippen LogP contribution in [-0.2, 0) is 14.3 Å². The van der Waals surface area contributed by atoms with Gasteiger partial charge in [-0.25, -0.2) is 9.79 Å². The topological polar surface area (TPSA) is 86.2 Å². The smallest absolute Gasteiger partial charge is 0.338 e. The van der Waals surface area contributed by atoms with Crippen LogP contribution in [0.15, 0.2) is 64.5 Å². The summed E-state index contributed by atoms with van der Waals surface area (Å²) in [6, 6.07) is 7.25. The fourth-order valence-corrected chi connectivity index (χ4v) is 4.63. The van der Waals surface area contributed by atoms with E-state index in [1.165, 1.54) is 5.57 Å². The van der Waals surface area contributed by atoms with Crippen LogP contribution in [0.5, 0.6) is 11.5 Å². The molecule has 1 heterocycles. The Labute approximate surface area is 239 Å². The first kappa shape index (κ1) is 31.2. The highest BCUT2D eigenvalue weighted by atomic mass is 16.6. The number of nitrogens with one attached hydrogen (secondary N) is 1. The molecule has 0 aromatic heterocycles. The van der Waals surface area contributed by atoms with Gasteiger partial charge >= 0.3 is 5.97 Å². The maximum Gasteiger partial charge on any atom is 0.338 e. The van der Waals surface area contributed by atoms with E-state index in [2.05, 4.69) is 37.4 Å². The number of carbonyl (C=O) groups excluding carboxylic acids is 2.